The molecule has 122 valence electrons. The number of carbonyl (C=O) groups excluding carboxylic acids is 1. The van der Waals surface area contributed by atoms with E-state index in [1.54, 1.807) is 0 Å². The molecule has 4 rings (SSSR count). The lowest BCUT2D eigenvalue weighted by atomic mass is 9.93. The number of carbonyl (C=O) groups is 1. The highest BCUT2D eigenvalue weighted by Gasteiger charge is 2.29. The van der Waals surface area contributed by atoms with E-state index >= 15 is 0 Å². The molecule has 0 aromatic carbocycles. The number of aromatic nitrogens is 2. The van der Waals surface area contributed by atoms with Crippen LogP contribution >= 0.6 is 0 Å². The van der Waals surface area contributed by atoms with Crippen LogP contribution in [0.1, 0.15) is 66.2 Å². The molecule has 2 heterocycles. The molecule has 6 heteroatoms. The second kappa shape index (κ2) is 5.60. The highest BCUT2D eigenvalue weighted by molar-refractivity contribution is 6.06. The van der Waals surface area contributed by atoms with Gasteiger partial charge in [0.1, 0.15) is 0 Å². The first-order chi connectivity index (χ1) is 11.1. The SMILES string of the molecule is Cc1noc2nc(C3CC3)cc(C(=O)NC3CCC(O)CC3)c12. The number of aliphatic hydroxyl groups excluding tert-OH is 1. The number of aryl methyl sites for hydroxylation is 1. The molecule has 1 amide bonds. The van der Waals surface area contributed by atoms with Crippen molar-refractivity contribution in [3.05, 3.63) is 23.0 Å². The summed E-state index contributed by atoms with van der Waals surface area (Å²) in [6.07, 6.45) is 5.14. The number of hydrogen-bond donors (Lipinski definition) is 2. The summed E-state index contributed by atoms with van der Waals surface area (Å²) >= 11 is 0. The molecule has 2 saturated carbocycles. The minimum absolute atomic E-state index is 0.0908. The van der Waals surface area contributed by atoms with Crippen LogP contribution in [-0.2, 0) is 0 Å². The van der Waals surface area contributed by atoms with Crippen LogP contribution in [0.5, 0.6) is 0 Å². The van der Waals surface area contributed by atoms with Crippen molar-refractivity contribution in [2.45, 2.75) is 63.5 Å². The van der Waals surface area contributed by atoms with Gasteiger partial charge in [-0.15, -0.1) is 0 Å². The maximum absolute atomic E-state index is 12.8. The average Bonchev–Trinajstić information content (AvgIpc) is 3.33. The van der Waals surface area contributed by atoms with Crippen molar-refractivity contribution in [3.63, 3.8) is 0 Å². The summed E-state index contributed by atoms with van der Waals surface area (Å²) in [7, 11) is 0. The smallest absolute Gasteiger partial charge is 0.259 e. The van der Waals surface area contributed by atoms with E-state index in [1.165, 1.54) is 0 Å². The van der Waals surface area contributed by atoms with Crippen molar-refractivity contribution in [2.75, 3.05) is 0 Å². The Morgan fingerprint density at radius 1 is 1.26 bits per heavy atom. The number of rotatable bonds is 3. The van der Waals surface area contributed by atoms with E-state index < -0.39 is 0 Å². The summed E-state index contributed by atoms with van der Waals surface area (Å²) in [6, 6.07) is 2.02. The maximum atomic E-state index is 12.8. The summed E-state index contributed by atoms with van der Waals surface area (Å²) in [5, 5.41) is 17.4. The number of amides is 1. The van der Waals surface area contributed by atoms with Crippen LogP contribution in [0, 0.1) is 6.92 Å². The first kappa shape index (κ1) is 14.6. The second-order valence-corrected chi connectivity index (χ2v) is 6.80. The normalized spacial score (nSPS) is 24.8. The van der Waals surface area contributed by atoms with Gasteiger partial charge in [-0.3, -0.25) is 4.79 Å². The van der Waals surface area contributed by atoms with Crippen LogP contribution in [0.3, 0.4) is 0 Å². The molecule has 2 aliphatic rings. The molecular formula is C17H21N3O3. The van der Waals surface area contributed by atoms with Gasteiger partial charge in [0.05, 0.1) is 22.7 Å². The maximum Gasteiger partial charge on any atom is 0.259 e. The van der Waals surface area contributed by atoms with Crippen LogP contribution < -0.4 is 5.32 Å². The largest absolute Gasteiger partial charge is 0.393 e. The number of nitrogens with one attached hydrogen (secondary N) is 1. The van der Waals surface area contributed by atoms with Crippen molar-refractivity contribution in [2.24, 2.45) is 0 Å². The van der Waals surface area contributed by atoms with Crippen LogP contribution in [-0.4, -0.2) is 33.3 Å². The molecule has 2 fully saturated rings. The molecule has 0 bridgehead atoms. The molecule has 23 heavy (non-hydrogen) atoms. The van der Waals surface area contributed by atoms with Gasteiger partial charge in [0.2, 0.25) is 0 Å². The minimum Gasteiger partial charge on any atom is -0.393 e. The Labute approximate surface area is 134 Å². The number of pyridine rings is 1. The third-order valence-corrected chi connectivity index (χ3v) is 4.91. The zero-order chi connectivity index (χ0) is 16.0. The number of nitrogens with zero attached hydrogens (tertiary/aromatic N) is 2. The topological polar surface area (TPSA) is 88.2 Å². The van der Waals surface area contributed by atoms with E-state index in [1.807, 2.05) is 13.0 Å². The van der Waals surface area contributed by atoms with E-state index in [9.17, 15) is 9.90 Å². The quantitative estimate of drug-likeness (QED) is 0.908. The first-order valence-electron chi connectivity index (χ1n) is 8.37. The van der Waals surface area contributed by atoms with E-state index in [0.29, 0.717) is 28.3 Å². The van der Waals surface area contributed by atoms with Gasteiger partial charge in [-0.2, -0.15) is 0 Å². The van der Waals surface area contributed by atoms with E-state index in [0.717, 1.165) is 44.2 Å². The second-order valence-electron chi connectivity index (χ2n) is 6.80. The molecule has 2 aliphatic carbocycles. The first-order valence-corrected chi connectivity index (χ1v) is 8.37. The summed E-state index contributed by atoms with van der Waals surface area (Å²) in [5.74, 6) is 0.355. The van der Waals surface area contributed by atoms with Crippen molar-refractivity contribution < 1.29 is 14.4 Å². The Balaban J connectivity index is 1.63. The van der Waals surface area contributed by atoms with E-state index in [2.05, 4.69) is 15.5 Å². The van der Waals surface area contributed by atoms with E-state index in [-0.39, 0.29) is 18.1 Å². The Morgan fingerprint density at radius 2 is 2.00 bits per heavy atom. The molecule has 2 aromatic rings. The Hall–Kier alpha value is -1.95. The molecular weight excluding hydrogens is 294 g/mol. The fourth-order valence-corrected chi connectivity index (χ4v) is 3.36. The zero-order valence-electron chi connectivity index (χ0n) is 13.2. The van der Waals surface area contributed by atoms with Gasteiger partial charge in [-0.05, 0) is 51.5 Å². The van der Waals surface area contributed by atoms with Gasteiger partial charge in [-0.25, -0.2) is 4.98 Å². The lowest BCUT2D eigenvalue weighted by Crippen LogP contribution is -2.38. The van der Waals surface area contributed by atoms with Crippen LogP contribution in [0.4, 0.5) is 0 Å². The van der Waals surface area contributed by atoms with Crippen LogP contribution in [0.25, 0.3) is 11.1 Å². The van der Waals surface area contributed by atoms with Crippen molar-refractivity contribution in [1.29, 1.82) is 0 Å². The van der Waals surface area contributed by atoms with Gasteiger partial charge >= 0.3 is 0 Å². The summed E-state index contributed by atoms with van der Waals surface area (Å²) in [6.45, 7) is 1.83. The molecule has 0 radical (unpaired) electrons. The highest BCUT2D eigenvalue weighted by Crippen LogP contribution is 2.40. The zero-order valence-corrected chi connectivity index (χ0v) is 13.2. The molecule has 0 atom stereocenters. The molecule has 0 saturated heterocycles. The Morgan fingerprint density at radius 3 is 2.70 bits per heavy atom. The molecule has 2 N–H and O–H groups in total. The third kappa shape index (κ3) is 2.83. The summed E-state index contributed by atoms with van der Waals surface area (Å²) < 4.78 is 5.29. The molecule has 0 unspecified atom stereocenters. The van der Waals surface area contributed by atoms with Crippen molar-refractivity contribution in [3.8, 4) is 0 Å². The van der Waals surface area contributed by atoms with Crippen LogP contribution in [0.2, 0.25) is 0 Å². The predicted molar refractivity (Wildman–Crippen MR) is 84.2 cm³/mol. The summed E-state index contributed by atoms with van der Waals surface area (Å²) in [5.41, 5.74) is 2.69. The van der Waals surface area contributed by atoms with Crippen molar-refractivity contribution >= 4 is 17.0 Å². The van der Waals surface area contributed by atoms with E-state index in [4.69, 9.17) is 4.52 Å². The molecule has 2 aromatic heterocycles. The van der Waals surface area contributed by atoms with Gasteiger partial charge in [-0.1, -0.05) is 5.16 Å². The summed E-state index contributed by atoms with van der Waals surface area (Å²) in [4.78, 5) is 17.3. The number of hydrogen-bond acceptors (Lipinski definition) is 5. The van der Waals surface area contributed by atoms with Crippen LogP contribution in [0.15, 0.2) is 10.6 Å². The lowest BCUT2D eigenvalue weighted by molar-refractivity contribution is 0.0869. The lowest BCUT2D eigenvalue weighted by Gasteiger charge is -2.26. The Bertz CT molecular complexity index is 743. The van der Waals surface area contributed by atoms with Gasteiger partial charge in [0.15, 0.2) is 0 Å². The average molecular weight is 315 g/mol. The Kier molecular flexibility index (Phi) is 3.56. The fourth-order valence-electron chi connectivity index (χ4n) is 3.36. The number of aliphatic hydroxyl groups is 1. The van der Waals surface area contributed by atoms with Gasteiger partial charge in [0, 0.05) is 17.7 Å². The van der Waals surface area contributed by atoms with Gasteiger partial charge in [0.25, 0.3) is 11.6 Å². The monoisotopic (exact) mass is 315 g/mol. The molecule has 6 nitrogen and oxygen atoms in total. The standard InChI is InChI=1S/C17H21N3O3/c1-9-15-13(16(22)18-11-4-6-12(21)7-5-11)8-14(10-2-3-10)19-17(15)23-20-9/h8,10-12,21H,2-7H2,1H3,(H,18,22). The third-order valence-electron chi connectivity index (χ3n) is 4.91. The molecule has 0 spiro atoms. The van der Waals surface area contributed by atoms with Gasteiger partial charge < -0.3 is 14.9 Å². The predicted octanol–water partition coefficient (Wildman–Crippen LogP) is 2.44. The van der Waals surface area contributed by atoms with Crippen molar-refractivity contribution in [1.82, 2.24) is 15.5 Å². The minimum atomic E-state index is -0.224. The number of fused-ring (bicyclic) bond motifs is 1. The highest BCUT2D eigenvalue weighted by atomic mass is 16.5. The molecule has 0 aliphatic heterocycles. The fraction of sp³-hybridized carbons (Fsp3) is 0.588.